The Bertz CT molecular complexity index is 926. The highest BCUT2D eigenvalue weighted by atomic mass is 35.5. The lowest BCUT2D eigenvalue weighted by Gasteiger charge is -2.13. The van der Waals surface area contributed by atoms with Crippen LogP contribution in [-0.4, -0.2) is 23.9 Å². The highest BCUT2D eigenvalue weighted by Gasteiger charge is 2.14. The average molecular weight is 417 g/mol. The Balaban J connectivity index is 1.67. The summed E-state index contributed by atoms with van der Waals surface area (Å²) in [4.78, 5) is 2.10. The van der Waals surface area contributed by atoms with Gasteiger partial charge in [0.25, 0.3) is 0 Å². The molecule has 1 N–H and O–H groups in total. The van der Waals surface area contributed by atoms with Crippen molar-refractivity contribution in [2.45, 2.75) is 33.5 Å². The number of benzene rings is 2. The van der Waals surface area contributed by atoms with Crippen LogP contribution in [0.25, 0.3) is 0 Å². The molecule has 0 aliphatic rings. The summed E-state index contributed by atoms with van der Waals surface area (Å²) in [5.74, 6) is 0. The summed E-state index contributed by atoms with van der Waals surface area (Å²) in [6, 6.07) is 14.2. The molecule has 0 radical (unpaired) electrons. The minimum absolute atomic E-state index is 0.567. The third-order valence-electron chi connectivity index (χ3n) is 4.98. The second-order valence-electron chi connectivity index (χ2n) is 7.17. The van der Waals surface area contributed by atoms with E-state index < -0.39 is 0 Å². The molecule has 1 heterocycles. The number of rotatable bonds is 7. The summed E-state index contributed by atoms with van der Waals surface area (Å²) in [6.07, 6.45) is 0. The van der Waals surface area contributed by atoms with Crippen LogP contribution in [-0.2, 0) is 19.6 Å². The Labute approximate surface area is 177 Å². The molecule has 0 bridgehead atoms. The van der Waals surface area contributed by atoms with E-state index in [4.69, 9.17) is 28.3 Å². The first-order valence-corrected chi connectivity index (χ1v) is 10.0. The number of aryl methyl sites for hydroxylation is 1. The molecule has 1 aromatic heterocycles. The fourth-order valence-electron chi connectivity index (χ4n) is 3.22. The largest absolute Gasteiger partial charge is 0.378 e. The second-order valence-corrected chi connectivity index (χ2v) is 7.99. The standard InChI is InChI=1S/C22H26Cl2N4/c1-15-19(13-25-12-17-8-10-18(11-9-17)27(3)4)16(2)28(26-15)14-20-21(23)6-5-7-22(20)24/h5-11,25H,12-14H2,1-4H3. The van der Waals surface area contributed by atoms with E-state index in [0.717, 1.165) is 30.0 Å². The summed E-state index contributed by atoms with van der Waals surface area (Å²) in [5.41, 5.74) is 6.73. The molecule has 0 fully saturated rings. The van der Waals surface area contributed by atoms with Crippen LogP contribution in [0.2, 0.25) is 10.0 Å². The molecule has 0 unspecified atom stereocenters. The van der Waals surface area contributed by atoms with Crippen LogP contribution < -0.4 is 10.2 Å². The van der Waals surface area contributed by atoms with Crippen molar-refractivity contribution in [3.63, 3.8) is 0 Å². The van der Waals surface area contributed by atoms with E-state index in [1.807, 2.05) is 43.9 Å². The average Bonchev–Trinajstić information content (AvgIpc) is 2.92. The number of nitrogens with zero attached hydrogens (tertiary/aromatic N) is 3. The van der Waals surface area contributed by atoms with E-state index in [2.05, 4.69) is 41.4 Å². The van der Waals surface area contributed by atoms with E-state index in [1.165, 1.54) is 16.8 Å². The van der Waals surface area contributed by atoms with Crippen molar-refractivity contribution in [1.29, 1.82) is 0 Å². The zero-order valence-electron chi connectivity index (χ0n) is 16.8. The topological polar surface area (TPSA) is 33.1 Å². The van der Waals surface area contributed by atoms with Gasteiger partial charge in [-0.2, -0.15) is 5.10 Å². The van der Waals surface area contributed by atoms with Gasteiger partial charge in [0.15, 0.2) is 0 Å². The maximum atomic E-state index is 6.32. The Kier molecular flexibility index (Phi) is 6.65. The Morgan fingerprint density at radius 2 is 1.57 bits per heavy atom. The summed E-state index contributed by atoms with van der Waals surface area (Å²) in [6.45, 7) is 6.28. The molecule has 0 spiro atoms. The first-order valence-electron chi connectivity index (χ1n) is 9.29. The lowest BCUT2D eigenvalue weighted by atomic mass is 10.1. The van der Waals surface area contributed by atoms with Crippen LogP contribution in [0.4, 0.5) is 5.69 Å². The van der Waals surface area contributed by atoms with Gasteiger partial charge in [-0.1, -0.05) is 41.4 Å². The van der Waals surface area contributed by atoms with Crippen LogP contribution in [0.3, 0.4) is 0 Å². The molecule has 0 saturated heterocycles. The first kappa shape index (κ1) is 20.7. The second kappa shape index (κ2) is 8.99. The van der Waals surface area contributed by atoms with Gasteiger partial charge in [0.1, 0.15) is 0 Å². The Hall–Kier alpha value is -2.01. The van der Waals surface area contributed by atoms with Crippen molar-refractivity contribution >= 4 is 28.9 Å². The maximum absolute atomic E-state index is 6.32. The predicted octanol–water partition coefficient (Wildman–Crippen LogP) is 5.21. The predicted molar refractivity (Wildman–Crippen MR) is 119 cm³/mol. The molecule has 0 aliphatic carbocycles. The van der Waals surface area contributed by atoms with Crippen LogP contribution in [0.15, 0.2) is 42.5 Å². The molecule has 3 aromatic rings. The number of anilines is 1. The molecular weight excluding hydrogens is 391 g/mol. The Morgan fingerprint density at radius 3 is 2.18 bits per heavy atom. The monoisotopic (exact) mass is 416 g/mol. The fourth-order valence-corrected chi connectivity index (χ4v) is 3.74. The molecule has 4 nitrogen and oxygen atoms in total. The van der Waals surface area contributed by atoms with Crippen LogP contribution in [0.5, 0.6) is 0 Å². The fraction of sp³-hybridized carbons (Fsp3) is 0.318. The molecule has 28 heavy (non-hydrogen) atoms. The highest BCUT2D eigenvalue weighted by molar-refractivity contribution is 6.35. The molecule has 3 rings (SSSR count). The third-order valence-corrected chi connectivity index (χ3v) is 5.69. The zero-order valence-corrected chi connectivity index (χ0v) is 18.3. The molecule has 6 heteroatoms. The van der Waals surface area contributed by atoms with Gasteiger partial charge in [0.2, 0.25) is 0 Å². The summed E-state index contributed by atoms with van der Waals surface area (Å²) in [7, 11) is 4.10. The number of nitrogens with one attached hydrogen (secondary N) is 1. The Morgan fingerprint density at radius 1 is 0.929 bits per heavy atom. The number of hydrogen-bond acceptors (Lipinski definition) is 3. The molecule has 0 atom stereocenters. The normalized spacial score (nSPS) is 11.1. The molecule has 0 amide bonds. The number of hydrogen-bond donors (Lipinski definition) is 1. The van der Waals surface area contributed by atoms with Gasteiger partial charge in [-0.15, -0.1) is 0 Å². The lowest BCUT2D eigenvalue weighted by Crippen LogP contribution is -2.14. The van der Waals surface area contributed by atoms with E-state index in [0.29, 0.717) is 16.6 Å². The van der Waals surface area contributed by atoms with E-state index in [1.54, 1.807) is 0 Å². The van der Waals surface area contributed by atoms with Crippen LogP contribution in [0.1, 0.15) is 28.1 Å². The van der Waals surface area contributed by atoms with Crippen LogP contribution >= 0.6 is 23.2 Å². The molecule has 0 aliphatic heterocycles. The molecule has 0 saturated carbocycles. The van der Waals surface area contributed by atoms with E-state index in [-0.39, 0.29) is 0 Å². The summed E-state index contributed by atoms with van der Waals surface area (Å²) in [5, 5.41) is 9.56. The summed E-state index contributed by atoms with van der Waals surface area (Å²) >= 11 is 12.6. The number of halogens is 2. The minimum Gasteiger partial charge on any atom is -0.378 e. The van der Waals surface area contributed by atoms with Gasteiger partial charge >= 0.3 is 0 Å². The maximum Gasteiger partial charge on any atom is 0.0692 e. The van der Waals surface area contributed by atoms with Crippen molar-refractivity contribution in [2.75, 3.05) is 19.0 Å². The van der Waals surface area contributed by atoms with E-state index in [9.17, 15) is 0 Å². The zero-order chi connectivity index (χ0) is 20.3. The first-order chi connectivity index (χ1) is 13.4. The van der Waals surface area contributed by atoms with Crippen molar-refractivity contribution < 1.29 is 0 Å². The lowest BCUT2D eigenvalue weighted by molar-refractivity contribution is 0.653. The quantitative estimate of drug-likeness (QED) is 0.573. The van der Waals surface area contributed by atoms with Crippen molar-refractivity contribution in [1.82, 2.24) is 15.1 Å². The molecule has 2 aromatic carbocycles. The smallest absolute Gasteiger partial charge is 0.0692 e. The SMILES string of the molecule is Cc1nn(Cc2c(Cl)cccc2Cl)c(C)c1CNCc1ccc(N(C)C)cc1. The van der Waals surface area contributed by atoms with Gasteiger partial charge in [0.05, 0.1) is 12.2 Å². The van der Waals surface area contributed by atoms with Crippen LogP contribution in [0, 0.1) is 13.8 Å². The van der Waals surface area contributed by atoms with Gasteiger partial charge in [-0.3, -0.25) is 4.68 Å². The van der Waals surface area contributed by atoms with Gasteiger partial charge in [-0.05, 0) is 43.7 Å². The van der Waals surface area contributed by atoms with Crippen molar-refractivity contribution in [2.24, 2.45) is 0 Å². The van der Waals surface area contributed by atoms with Crippen molar-refractivity contribution in [3.05, 3.63) is 80.6 Å². The number of aromatic nitrogens is 2. The summed E-state index contributed by atoms with van der Waals surface area (Å²) < 4.78 is 1.98. The van der Waals surface area contributed by atoms with Gasteiger partial charge in [-0.25, -0.2) is 0 Å². The highest BCUT2D eigenvalue weighted by Crippen LogP contribution is 2.26. The van der Waals surface area contributed by atoms with E-state index >= 15 is 0 Å². The minimum atomic E-state index is 0.567. The van der Waals surface area contributed by atoms with Crippen molar-refractivity contribution in [3.8, 4) is 0 Å². The molecule has 148 valence electrons. The van der Waals surface area contributed by atoms with Gasteiger partial charge in [0, 0.05) is 59.7 Å². The third kappa shape index (κ3) is 4.69. The van der Waals surface area contributed by atoms with Gasteiger partial charge < -0.3 is 10.2 Å². The molecular formula is C22H26Cl2N4.